The molecule has 13 heteroatoms. The summed E-state index contributed by atoms with van der Waals surface area (Å²) in [5.41, 5.74) is 0.102. The zero-order chi connectivity index (χ0) is 24.0. The van der Waals surface area contributed by atoms with Crippen molar-refractivity contribution in [1.29, 1.82) is 0 Å². The number of esters is 1. The van der Waals surface area contributed by atoms with Crippen LogP contribution in [0.1, 0.15) is 30.6 Å². The van der Waals surface area contributed by atoms with E-state index in [0.717, 1.165) is 7.11 Å². The van der Waals surface area contributed by atoms with E-state index in [-0.39, 0.29) is 16.5 Å². The highest BCUT2D eigenvalue weighted by atomic mass is 35.5. The normalized spacial score (nSPS) is 19.2. The van der Waals surface area contributed by atoms with Gasteiger partial charge in [0.05, 0.1) is 30.2 Å². The van der Waals surface area contributed by atoms with Crippen LogP contribution in [0.4, 0.5) is 0 Å². The minimum absolute atomic E-state index is 0.0332. The largest absolute Gasteiger partial charge is 0.552 e. The van der Waals surface area contributed by atoms with Crippen molar-refractivity contribution in [1.82, 2.24) is 10.6 Å². The Kier molecular flexibility index (Phi) is 9.32. The maximum Gasteiger partial charge on any atom is 0.552 e. The number of hydrogen-bond acceptors (Lipinski definition) is 8. The van der Waals surface area contributed by atoms with E-state index >= 15 is 0 Å². The van der Waals surface area contributed by atoms with Gasteiger partial charge >= 0.3 is 19.1 Å². The molecule has 1 aromatic carbocycles. The number of halogens is 2. The minimum Gasteiger partial charge on any atom is -0.506 e. The zero-order valence-corrected chi connectivity index (χ0v) is 19.1. The molecule has 10 nitrogen and oxygen atoms in total. The molecule has 3 atom stereocenters. The first kappa shape index (κ1) is 25.9. The lowest BCUT2D eigenvalue weighted by atomic mass is 9.72. The van der Waals surface area contributed by atoms with Gasteiger partial charge in [0, 0.05) is 5.02 Å². The minimum atomic E-state index is -1.85. The Morgan fingerprint density at radius 1 is 1.28 bits per heavy atom. The Balaban J connectivity index is 2.05. The number of aliphatic hydroxyl groups excluding tert-OH is 1. The fourth-order valence-electron chi connectivity index (χ4n) is 2.96. The van der Waals surface area contributed by atoms with Crippen LogP contribution in [0.3, 0.4) is 0 Å². The molecule has 1 heterocycles. The molecule has 0 aliphatic carbocycles. The van der Waals surface area contributed by atoms with Crippen molar-refractivity contribution in [3.05, 3.63) is 33.8 Å². The second kappa shape index (κ2) is 11.5. The fourth-order valence-corrected chi connectivity index (χ4v) is 3.34. The number of rotatable bonds is 8. The molecule has 0 aromatic heterocycles. The molecule has 174 valence electrons. The summed E-state index contributed by atoms with van der Waals surface area (Å²) in [6.07, 6.45) is -3.14. The summed E-state index contributed by atoms with van der Waals surface area (Å²) in [5.74, 6) is -4.09. The van der Waals surface area contributed by atoms with Crippen LogP contribution in [0.15, 0.2) is 18.2 Å². The third-order valence-electron chi connectivity index (χ3n) is 4.46. The highest BCUT2D eigenvalue weighted by Crippen LogP contribution is 2.21. The molecular weight excluding hydrogens is 466 g/mol. The molecule has 32 heavy (non-hydrogen) atoms. The Labute approximate surface area is 195 Å². The van der Waals surface area contributed by atoms with Crippen molar-refractivity contribution in [3.63, 3.8) is 0 Å². The number of nitrogens with one attached hydrogen (secondary N) is 2. The Hall–Kier alpha value is -2.34. The van der Waals surface area contributed by atoms with E-state index in [9.17, 15) is 24.3 Å². The van der Waals surface area contributed by atoms with Crippen LogP contribution in [0.25, 0.3) is 0 Å². The maximum atomic E-state index is 12.5. The predicted molar refractivity (Wildman–Crippen MR) is 115 cm³/mol. The molecule has 0 spiro atoms. The van der Waals surface area contributed by atoms with Crippen LogP contribution >= 0.6 is 23.2 Å². The predicted octanol–water partition coefficient (Wildman–Crippen LogP) is 0.757. The molecule has 1 fully saturated rings. The lowest BCUT2D eigenvalue weighted by Gasteiger charge is -2.33. The lowest BCUT2D eigenvalue weighted by Crippen LogP contribution is -2.61. The number of methoxy groups -OCH3 is 1. The number of aliphatic hydroxyl groups is 1. The summed E-state index contributed by atoms with van der Waals surface area (Å²) < 4.78 is 15.0. The number of benzene rings is 1. The van der Waals surface area contributed by atoms with Gasteiger partial charge in [-0.05, 0) is 30.5 Å². The molecule has 2 amide bonds. The molecule has 1 aromatic rings. The topological polar surface area (TPSA) is 140 Å². The second-order valence-electron chi connectivity index (χ2n) is 7.44. The molecule has 0 saturated carbocycles. The van der Waals surface area contributed by atoms with E-state index in [1.165, 1.54) is 18.2 Å². The molecule has 2 rings (SSSR count). The molecule has 0 unspecified atom stereocenters. The van der Waals surface area contributed by atoms with Crippen LogP contribution in [0.2, 0.25) is 10.0 Å². The number of carbonyl (C=O) groups excluding carboxylic acids is 4. The average Bonchev–Trinajstić information content (AvgIpc) is 2.74. The third kappa shape index (κ3) is 6.83. The molecule has 1 saturated heterocycles. The number of amides is 2. The monoisotopic (exact) mass is 488 g/mol. The van der Waals surface area contributed by atoms with Crippen LogP contribution in [-0.4, -0.2) is 67.8 Å². The summed E-state index contributed by atoms with van der Waals surface area (Å²) in [4.78, 5) is 48.6. The molecular formula is C19H23BCl2N2O8. The van der Waals surface area contributed by atoms with Gasteiger partial charge in [-0.3, -0.25) is 14.4 Å². The summed E-state index contributed by atoms with van der Waals surface area (Å²) in [7, 11) is -0.269. The standard InChI is InChI=1S/C19H23BCl2N2O8/c1-9(2)6-13(20-31-16(19(29)30-3)15(26)18(28)32-20)24-14(25)8-23-17(27)11-7-10(21)4-5-12(11)22/h4-5,7,9,13,15-16,26H,6,8H2,1-3H3,(H,23,27)(H,24,25)/t13-,15+,16+/m0/s1. The van der Waals surface area contributed by atoms with Crippen molar-refractivity contribution >= 4 is 54.1 Å². The van der Waals surface area contributed by atoms with Crippen LogP contribution < -0.4 is 10.6 Å². The maximum absolute atomic E-state index is 12.5. The summed E-state index contributed by atoms with van der Waals surface area (Å²) in [6.45, 7) is 3.30. The summed E-state index contributed by atoms with van der Waals surface area (Å²) >= 11 is 11.9. The van der Waals surface area contributed by atoms with Crippen LogP contribution in [0.5, 0.6) is 0 Å². The van der Waals surface area contributed by atoms with E-state index in [2.05, 4.69) is 15.4 Å². The van der Waals surface area contributed by atoms with Gasteiger partial charge in [-0.1, -0.05) is 37.0 Å². The van der Waals surface area contributed by atoms with Crippen molar-refractivity contribution < 1.29 is 38.3 Å². The number of carbonyl (C=O) groups is 4. The second-order valence-corrected chi connectivity index (χ2v) is 8.28. The Morgan fingerprint density at radius 2 is 1.97 bits per heavy atom. The Bertz CT molecular complexity index is 885. The molecule has 3 N–H and O–H groups in total. The van der Waals surface area contributed by atoms with Gasteiger partial charge in [0.2, 0.25) is 5.91 Å². The van der Waals surface area contributed by atoms with Gasteiger partial charge in [0.25, 0.3) is 5.91 Å². The lowest BCUT2D eigenvalue weighted by molar-refractivity contribution is -0.174. The first-order valence-corrected chi connectivity index (χ1v) is 10.4. The van der Waals surface area contributed by atoms with E-state index in [4.69, 9.17) is 32.5 Å². The van der Waals surface area contributed by atoms with E-state index in [1.54, 1.807) is 0 Å². The van der Waals surface area contributed by atoms with E-state index in [0.29, 0.717) is 11.4 Å². The first-order chi connectivity index (χ1) is 15.0. The quantitative estimate of drug-likeness (QED) is 0.359. The SMILES string of the molecule is COC(=O)[C@@H]1OB([C@H](CC(C)C)NC(=O)CNC(=O)c2cc(Cl)ccc2Cl)OC(=O)[C@@H]1O. The third-order valence-corrected chi connectivity index (χ3v) is 5.02. The number of ether oxygens (including phenoxy) is 1. The Morgan fingerprint density at radius 3 is 2.59 bits per heavy atom. The van der Waals surface area contributed by atoms with Gasteiger partial charge in [0.15, 0.2) is 12.2 Å². The van der Waals surface area contributed by atoms with E-state index < -0.39 is 55.6 Å². The van der Waals surface area contributed by atoms with Gasteiger partial charge in [-0.2, -0.15) is 0 Å². The van der Waals surface area contributed by atoms with Crippen molar-refractivity contribution in [2.45, 2.75) is 38.4 Å². The smallest absolute Gasteiger partial charge is 0.506 e. The van der Waals surface area contributed by atoms with Gasteiger partial charge in [-0.25, -0.2) is 4.79 Å². The van der Waals surface area contributed by atoms with Gasteiger partial charge in [-0.15, -0.1) is 0 Å². The summed E-state index contributed by atoms with van der Waals surface area (Å²) in [5, 5.41) is 15.4. The molecule has 0 bridgehead atoms. The van der Waals surface area contributed by atoms with Gasteiger partial charge in [0.1, 0.15) is 0 Å². The molecule has 0 radical (unpaired) electrons. The molecule has 1 aliphatic rings. The summed E-state index contributed by atoms with van der Waals surface area (Å²) in [6, 6.07) is 4.35. The van der Waals surface area contributed by atoms with Crippen LogP contribution in [0, 0.1) is 5.92 Å². The van der Waals surface area contributed by atoms with Crippen molar-refractivity contribution in [2.24, 2.45) is 5.92 Å². The first-order valence-electron chi connectivity index (χ1n) is 9.68. The van der Waals surface area contributed by atoms with Crippen molar-refractivity contribution in [2.75, 3.05) is 13.7 Å². The highest BCUT2D eigenvalue weighted by Gasteiger charge is 2.49. The van der Waals surface area contributed by atoms with Crippen LogP contribution in [-0.2, 0) is 28.4 Å². The van der Waals surface area contributed by atoms with Crippen molar-refractivity contribution in [3.8, 4) is 0 Å². The fraction of sp³-hybridized carbons (Fsp3) is 0.474. The van der Waals surface area contributed by atoms with Gasteiger partial charge < -0.3 is 29.8 Å². The van der Waals surface area contributed by atoms with E-state index in [1.807, 2.05) is 13.8 Å². The molecule has 1 aliphatic heterocycles. The number of hydrogen-bond donors (Lipinski definition) is 3. The average molecular weight is 489 g/mol. The zero-order valence-electron chi connectivity index (χ0n) is 17.6. The highest BCUT2D eigenvalue weighted by molar-refractivity contribution is 6.50.